The van der Waals surface area contributed by atoms with Gasteiger partial charge >= 0.3 is 5.97 Å². The number of aryl methyl sites for hydroxylation is 1. The van der Waals surface area contributed by atoms with Crippen LogP contribution in [0, 0.1) is 0 Å². The van der Waals surface area contributed by atoms with Gasteiger partial charge in [-0.05, 0) is 25.1 Å². The van der Waals surface area contributed by atoms with E-state index in [1.165, 1.54) is 0 Å². The molecule has 0 atom stereocenters. The predicted octanol–water partition coefficient (Wildman–Crippen LogP) is 2.16. The summed E-state index contributed by atoms with van der Waals surface area (Å²) < 4.78 is 15.7. The van der Waals surface area contributed by atoms with Crippen LogP contribution in [-0.2, 0) is 11.2 Å². The molecule has 7 heteroatoms. The number of carboxylic acid groups (broad SMARTS) is 1. The molecule has 0 aliphatic carbocycles. The lowest BCUT2D eigenvalue weighted by Gasteiger charge is -2.11. The van der Waals surface area contributed by atoms with Crippen molar-refractivity contribution in [3.8, 4) is 22.9 Å². The number of carboxylic acids is 1. The molecule has 0 amide bonds. The van der Waals surface area contributed by atoms with Gasteiger partial charge in [0.2, 0.25) is 11.7 Å². The van der Waals surface area contributed by atoms with E-state index in [9.17, 15) is 4.79 Å². The molecule has 0 radical (unpaired) electrons. The van der Waals surface area contributed by atoms with E-state index in [4.69, 9.17) is 19.1 Å². The smallest absolute Gasteiger partial charge is 0.341 e. The van der Waals surface area contributed by atoms with E-state index in [1.807, 2.05) is 13.8 Å². The van der Waals surface area contributed by atoms with Crippen LogP contribution in [0.5, 0.6) is 11.5 Å². The zero-order valence-corrected chi connectivity index (χ0v) is 11.8. The minimum absolute atomic E-state index is 0.363. The molecule has 112 valence electrons. The van der Waals surface area contributed by atoms with Crippen LogP contribution >= 0.6 is 0 Å². The fraction of sp³-hybridized carbons (Fsp3) is 0.357. The number of aliphatic carboxylic acids is 1. The van der Waals surface area contributed by atoms with Gasteiger partial charge in [0, 0.05) is 12.0 Å². The number of nitrogens with zero attached hydrogens (tertiary/aromatic N) is 2. The molecular weight excluding hydrogens is 276 g/mol. The zero-order valence-electron chi connectivity index (χ0n) is 11.8. The first-order valence-corrected chi connectivity index (χ1v) is 6.58. The Morgan fingerprint density at radius 1 is 1.29 bits per heavy atom. The van der Waals surface area contributed by atoms with Crippen molar-refractivity contribution in [2.24, 2.45) is 0 Å². The van der Waals surface area contributed by atoms with E-state index in [0.717, 1.165) is 0 Å². The number of hydrogen-bond donors (Lipinski definition) is 1. The largest absolute Gasteiger partial charge is 0.490 e. The molecule has 0 saturated carbocycles. The lowest BCUT2D eigenvalue weighted by Crippen LogP contribution is -2.10. The number of aromatic nitrogens is 2. The minimum Gasteiger partial charge on any atom is -0.490 e. The lowest BCUT2D eigenvalue weighted by molar-refractivity contribution is -0.139. The molecule has 2 aromatic rings. The second-order valence-corrected chi connectivity index (χ2v) is 4.14. The van der Waals surface area contributed by atoms with Crippen LogP contribution in [0.1, 0.15) is 19.7 Å². The third kappa shape index (κ3) is 3.71. The number of benzene rings is 1. The van der Waals surface area contributed by atoms with Crippen molar-refractivity contribution in [2.45, 2.75) is 20.3 Å². The average molecular weight is 292 g/mol. The fourth-order valence-corrected chi connectivity index (χ4v) is 1.69. The molecule has 1 N–H and O–H groups in total. The highest BCUT2D eigenvalue weighted by Gasteiger charge is 2.13. The van der Waals surface area contributed by atoms with E-state index in [1.54, 1.807) is 18.2 Å². The number of ether oxygens (including phenoxy) is 2. The summed E-state index contributed by atoms with van der Waals surface area (Å²) in [5.74, 6) is 0.764. The van der Waals surface area contributed by atoms with Crippen LogP contribution in [0.25, 0.3) is 11.4 Å². The Bertz CT molecular complexity index is 624. The molecular formula is C14H16N2O5. The van der Waals surface area contributed by atoms with Crippen LogP contribution in [0.3, 0.4) is 0 Å². The summed E-state index contributed by atoms with van der Waals surface area (Å²) in [6, 6.07) is 5.06. The summed E-state index contributed by atoms with van der Waals surface area (Å²) in [6.45, 7) is 3.75. The normalized spacial score (nSPS) is 10.4. The summed E-state index contributed by atoms with van der Waals surface area (Å²) in [4.78, 5) is 14.8. The monoisotopic (exact) mass is 292 g/mol. The maximum Gasteiger partial charge on any atom is 0.341 e. The summed E-state index contributed by atoms with van der Waals surface area (Å²) in [7, 11) is 0. The van der Waals surface area contributed by atoms with E-state index in [2.05, 4.69) is 10.1 Å². The van der Waals surface area contributed by atoms with Gasteiger partial charge in [0.25, 0.3) is 0 Å². The molecule has 1 aromatic carbocycles. The van der Waals surface area contributed by atoms with Crippen LogP contribution in [0.4, 0.5) is 0 Å². The maximum absolute atomic E-state index is 10.6. The predicted molar refractivity (Wildman–Crippen MR) is 73.4 cm³/mol. The molecule has 2 rings (SSSR count). The van der Waals surface area contributed by atoms with Crippen LogP contribution in [0.2, 0.25) is 0 Å². The molecule has 0 bridgehead atoms. The number of rotatable bonds is 7. The molecule has 21 heavy (non-hydrogen) atoms. The Morgan fingerprint density at radius 2 is 2.10 bits per heavy atom. The van der Waals surface area contributed by atoms with Crippen LogP contribution < -0.4 is 9.47 Å². The Kier molecular flexibility index (Phi) is 4.76. The Morgan fingerprint density at radius 3 is 2.71 bits per heavy atom. The van der Waals surface area contributed by atoms with Crippen molar-refractivity contribution in [2.75, 3.05) is 13.2 Å². The molecule has 1 aromatic heterocycles. The molecule has 1 heterocycles. The second-order valence-electron chi connectivity index (χ2n) is 4.14. The van der Waals surface area contributed by atoms with Crippen molar-refractivity contribution in [3.05, 3.63) is 24.1 Å². The summed E-state index contributed by atoms with van der Waals surface area (Å²) in [5.41, 5.74) is 0.713. The highest BCUT2D eigenvalue weighted by Crippen LogP contribution is 2.31. The van der Waals surface area contributed by atoms with Gasteiger partial charge in [-0.3, -0.25) is 0 Å². The first-order valence-electron chi connectivity index (χ1n) is 6.58. The summed E-state index contributed by atoms with van der Waals surface area (Å²) in [5, 5.41) is 12.5. The molecule has 7 nitrogen and oxygen atoms in total. The molecule has 0 aliphatic rings. The summed E-state index contributed by atoms with van der Waals surface area (Å²) in [6.07, 6.45) is 0.658. The first-order chi connectivity index (χ1) is 10.1. The van der Waals surface area contributed by atoms with Crippen molar-refractivity contribution in [1.29, 1.82) is 0 Å². The van der Waals surface area contributed by atoms with Gasteiger partial charge in [0.15, 0.2) is 18.1 Å². The quantitative estimate of drug-likeness (QED) is 0.835. The van der Waals surface area contributed by atoms with Crippen LogP contribution in [0.15, 0.2) is 22.7 Å². The number of hydrogen-bond acceptors (Lipinski definition) is 6. The Balaban J connectivity index is 2.28. The molecule has 0 aliphatic heterocycles. The standard InChI is InChI=1S/C14H16N2O5/c1-3-12-15-14(16-21-12)9-5-6-10(20-8-13(17)18)11(7-9)19-4-2/h5-7H,3-4,8H2,1-2H3,(H,17,18). The highest BCUT2D eigenvalue weighted by molar-refractivity contribution is 5.69. The van der Waals surface area contributed by atoms with Gasteiger partial charge in [-0.15, -0.1) is 0 Å². The van der Waals surface area contributed by atoms with Gasteiger partial charge < -0.3 is 19.1 Å². The van der Waals surface area contributed by atoms with Crippen molar-refractivity contribution in [3.63, 3.8) is 0 Å². The van der Waals surface area contributed by atoms with Gasteiger partial charge in [0.05, 0.1) is 6.61 Å². The minimum atomic E-state index is -1.05. The van der Waals surface area contributed by atoms with E-state index >= 15 is 0 Å². The summed E-state index contributed by atoms with van der Waals surface area (Å²) >= 11 is 0. The Labute approximate surface area is 121 Å². The number of carbonyl (C=O) groups is 1. The molecule has 0 saturated heterocycles. The zero-order chi connectivity index (χ0) is 15.2. The van der Waals surface area contributed by atoms with Gasteiger partial charge in [0.1, 0.15) is 0 Å². The first kappa shape index (κ1) is 14.8. The van der Waals surface area contributed by atoms with Crippen molar-refractivity contribution < 1.29 is 23.9 Å². The molecule has 0 fully saturated rings. The van der Waals surface area contributed by atoms with Crippen molar-refractivity contribution in [1.82, 2.24) is 10.1 Å². The second kappa shape index (κ2) is 6.74. The lowest BCUT2D eigenvalue weighted by atomic mass is 10.2. The van der Waals surface area contributed by atoms with E-state index in [-0.39, 0.29) is 0 Å². The van der Waals surface area contributed by atoms with Gasteiger partial charge in [-0.25, -0.2) is 4.79 Å². The van der Waals surface area contributed by atoms with Crippen LogP contribution in [-0.4, -0.2) is 34.4 Å². The Hall–Kier alpha value is -2.57. The third-order valence-corrected chi connectivity index (χ3v) is 2.62. The third-order valence-electron chi connectivity index (χ3n) is 2.62. The van der Waals surface area contributed by atoms with E-state index in [0.29, 0.717) is 41.8 Å². The average Bonchev–Trinajstić information content (AvgIpc) is 2.95. The highest BCUT2D eigenvalue weighted by atomic mass is 16.5. The molecule has 0 unspecified atom stereocenters. The maximum atomic E-state index is 10.6. The topological polar surface area (TPSA) is 94.7 Å². The van der Waals surface area contributed by atoms with Gasteiger partial charge in [-0.1, -0.05) is 12.1 Å². The van der Waals surface area contributed by atoms with Crippen molar-refractivity contribution >= 4 is 5.97 Å². The SMILES string of the molecule is CCOc1cc(-c2noc(CC)n2)ccc1OCC(=O)O. The van der Waals surface area contributed by atoms with E-state index < -0.39 is 12.6 Å². The fourth-order valence-electron chi connectivity index (χ4n) is 1.69. The molecule has 0 spiro atoms. The van der Waals surface area contributed by atoms with Gasteiger partial charge in [-0.2, -0.15) is 4.98 Å².